The Morgan fingerprint density at radius 3 is 2.36 bits per heavy atom. The van der Waals surface area contributed by atoms with E-state index in [2.05, 4.69) is 0 Å². The second-order valence-corrected chi connectivity index (χ2v) is 3.75. The maximum atomic E-state index is 11.4. The standard InChI is InChI=1S/C10H21NO3/c1-8(2)9(3)14-10(12)11(4)6-7-13-5/h8-9H,6-7H2,1-5H3. The number of ether oxygens (including phenoxy) is 2. The zero-order valence-electron chi connectivity index (χ0n) is 9.74. The molecule has 0 aliphatic rings. The van der Waals surface area contributed by atoms with Gasteiger partial charge in [-0.1, -0.05) is 13.8 Å². The fourth-order valence-corrected chi connectivity index (χ4v) is 0.705. The summed E-state index contributed by atoms with van der Waals surface area (Å²) < 4.78 is 10.1. The summed E-state index contributed by atoms with van der Waals surface area (Å²) >= 11 is 0. The summed E-state index contributed by atoms with van der Waals surface area (Å²) in [7, 11) is 3.31. The highest BCUT2D eigenvalue weighted by Gasteiger charge is 2.15. The van der Waals surface area contributed by atoms with Crippen LogP contribution in [0.25, 0.3) is 0 Å². The molecule has 0 spiro atoms. The predicted molar refractivity (Wildman–Crippen MR) is 55.3 cm³/mol. The van der Waals surface area contributed by atoms with Gasteiger partial charge in [-0.3, -0.25) is 0 Å². The summed E-state index contributed by atoms with van der Waals surface area (Å²) in [4.78, 5) is 12.9. The van der Waals surface area contributed by atoms with Gasteiger partial charge in [-0.25, -0.2) is 4.79 Å². The molecule has 0 heterocycles. The summed E-state index contributed by atoms with van der Waals surface area (Å²) in [6, 6.07) is 0. The molecule has 0 aromatic rings. The van der Waals surface area contributed by atoms with E-state index in [1.165, 1.54) is 4.90 Å². The first kappa shape index (κ1) is 13.2. The molecule has 4 heteroatoms. The second-order valence-electron chi connectivity index (χ2n) is 3.75. The summed E-state index contributed by atoms with van der Waals surface area (Å²) in [5, 5.41) is 0. The van der Waals surface area contributed by atoms with Crippen molar-refractivity contribution >= 4 is 6.09 Å². The van der Waals surface area contributed by atoms with Crippen molar-refractivity contribution in [3.8, 4) is 0 Å². The molecule has 0 fully saturated rings. The zero-order chi connectivity index (χ0) is 11.1. The minimum atomic E-state index is -0.289. The third-order valence-electron chi connectivity index (χ3n) is 2.17. The van der Waals surface area contributed by atoms with Gasteiger partial charge in [0.1, 0.15) is 6.10 Å². The van der Waals surface area contributed by atoms with E-state index < -0.39 is 0 Å². The maximum absolute atomic E-state index is 11.4. The lowest BCUT2D eigenvalue weighted by atomic mass is 10.1. The highest BCUT2D eigenvalue weighted by molar-refractivity contribution is 5.67. The van der Waals surface area contributed by atoms with Crippen LogP contribution in [0.15, 0.2) is 0 Å². The van der Waals surface area contributed by atoms with E-state index in [4.69, 9.17) is 9.47 Å². The summed E-state index contributed by atoms with van der Waals surface area (Å²) in [5.41, 5.74) is 0. The Labute approximate surface area is 86.2 Å². The Morgan fingerprint density at radius 1 is 1.36 bits per heavy atom. The fraction of sp³-hybridized carbons (Fsp3) is 0.900. The van der Waals surface area contributed by atoms with Gasteiger partial charge in [-0.15, -0.1) is 0 Å². The molecule has 0 bridgehead atoms. The minimum Gasteiger partial charge on any atom is -0.446 e. The van der Waals surface area contributed by atoms with Crippen molar-refractivity contribution in [1.82, 2.24) is 4.90 Å². The molecule has 1 unspecified atom stereocenters. The van der Waals surface area contributed by atoms with E-state index in [0.29, 0.717) is 19.1 Å². The van der Waals surface area contributed by atoms with Crippen LogP contribution >= 0.6 is 0 Å². The molecule has 1 atom stereocenters. The van der Waals surface area contributed by atoms with Crippen LogP contribution in [-0.2, 0) is 9.47 Å². The maximum Gasteiger partial charge on any atom is 0.409 e. The smallest absolute Gasteiger partial charge is 0.409 e. The fourth-order valence-electron chi connectivity index (χ4n) is 0.705. The lowest BCUT2D eigenvalue weighted by Crippen LogP contribution is -2.34. The molecular weight excluding hydrogens is 182 g/mol. The van der Waals surface area contributed by atoms with E-state index in [-0.39, 0.29) is 12.2 Å². The first-order chi connectivity index (χ1) is 6.49. The molecule has 0 N–H and O–H groups in total. The van der Waals surface area contributed by atoms with Crippen LogP contribution in [0.3, 0.4) is 0 Å². The van der Waals surface area contributed by atoms with Crippen molar-refractivity contribution in [2.45, 2.75) is 26.9 Å². The summed E-state index contributed by atoms with van der Waals surface area (Å²) in [6.45, 7) is 7.02. The molecule has 14 heavy (non-hydrogen) atoms. The van der Waals surface area contributed by atoms with Gasteiger partial charge >= 0.3 is 6.09 Å². The van der Waals surface area contributed by atoms with Gasteiger partial charge in [-0.2, -0.15) is 0 Å². The van der Waals surface area contributed by atoms with Gasteiger partial charge in [0, 0.05) is 20.7 Å². The number of rotatable bonds is 5. The number of nitrogens with zero attached hydrogens (tertiary/aromatic N) is 1. The van der Waals surface area contributed by atoms with Crippen molar-refractivity contribution in [1.29, 1.82) is 0 Å². The van der Waals surface area contributed by atoms with E-state index in [1.54, 1.807) is 14.2 Å². The first-order valence-corrected chi connectivity index (χ1v) is 4.89. The van der Waals surface area contributed by atoms with Crippen LogP contribution in [0.4, 0.5) is 4.79 Å². The average Bonchev–Trinajstić information content (AvgIpc) is 2.13. The van der Waals surface area contributed by atoms with Crippen molar-refractivity contribution in [2.24, 2.45) is 5.92 Å². The minimum absolute atomic E-state index is 0.0486. The molecule has 0 saturated heterocycles. The van der Waals surface area contributed by atoms with Gasteiger partial charge in [0.05, 0.1) is 6.61 Å². The van der Waals surface area contributed by atoms with E-state index in [0.717, 1.165) is 0 Å². The number of hydrogen-bond acceptors (Lipinski definition) is 3. The highest BCUT2D eigenvalue weighted by atomic mass is 16.6. The van der Waals surface area contributed by atoms with Crippen molar-refractivity contribution in [2.75, 3.05) is 27.3 Å². The Bertz CT molecular complexity index is 171. The van der Waals surface area contributed by atoms with Gasteiger partial charge in [-0.05, 0) is 12.8 Å². The van der Waals surface area contributed by atoms with Gasteiger partial charge in [0.25, 0.3) is 0 Å². The molecule has 84 valence electrons. The predicted octanol–water partition coefficient (Wildman–Crippen LogP) is 1.75. The SMILES string of the molecule is COCCN(C)C(=O)OC(C)C(C)C. The van der Waals surface area contributed by atoms with Crippen molar-refractivity contribution < 1.29 is 14.3 Å². The number of likely N-dealkylation sites (N-methyl/N-ethyl adjacent to an activating group) is 1. The molecule has 0 rings (SSSR count). The average molecular weight is 203 g/mol. The second kappa shape index (κ2) is 6.65. The largest absolute Gasteiger partial charge is 0.446 e. The molecule has 0 aliphatic carbocycles. The first-order valence-electron chi connectivity index (χ1n) is 4.89. The molecular formula is C10H21NO3. The third kappa shape index (κ3) is 5.07. The molecule has 1 amide bonds. The van der Waals surface area contributed by atoms with Crippen LogP contribution < -0.4 is 0 Å². The van der Waals surface area contributed by atoms with Crippen LogP contribution in [-0.4, -0.2) is 44.4 Å². The molecule has 0 aromatic carbocycles. The van der Waals surface area contributed by atoms with E-state index in [9.17, 15) is 4.79 Å². The van der Waals surface area contributed by atoms with Gasteiger partial charge in [0.15, 0.2) is 0 Å². The van der Waals surface area contributed by atoms with E-state index in [1.807, 2.05) is 20.8 Å². The van der Waals surface area contributed by atoms with Crippen LogP contribution in [0.2, 0.25) is 0 Å². The topological polar surface area (TPSA) is 38.8 Å². The third-order valence-corrected chi connectivity index (χ3v) is 2.17. The Balaban J connectivity index is 3.82. The molecule has 4 nitrogen and oxygen atoms in total. The molecule has 0 saturated carbocycles. The zero-order valence-corrected chi connectivity index (χ0v) is 9.74. The number of carbonyl (C=O) groups is 1. The lowest BCUT2D eigenvalue weighted by molar-refractivity contribution is 0.0505. The van der Waals surface area contributed by atoms with Crippen LogP contribution in [0.1, 0.15) is 20.8 Å². The Hall–Kier alpha value is -0.770. The number of amides is 1. The Morgan fingerprint density at radius 2 is 1.93 bits per heavy atom. The van der Waals surface area contributed by atoms with Crippen molar-refractivity contribution in [3.63, 3.8) is 0 Å². The summed E-state index contributed by atoms with van der Waals surface area (Å²) in [5.74, 6) is 0.342. The van der Waals surface area contributed by atoms with E-state index >= 15 is 0 Å². The van der Waals surface area contributed by atoms with Crippen LogP contribution in [0, 0.1) is 5.92 Å². The van der Waals surface area contributed by atoms with Gasteiger partial charge < -0.3 is 14.4 Å². The summed E-state index contributed by atoms with van der Waals surface area (Å²) in [6.07, 6.45) is -0.337. The number of hydrogen-bond donors (Lipinski definition) is 0. The lowest BCUT2D eigenvalue weighted by Gasteiger charge is -2.21. The Kier molecular flexibility index (Phi) is 6.28. The van der Waals surface area contributed by atoms with Gasteiger partial charge in [0.2, 0.25) is 0 Å². The van der Waals surface area contributed by atoms with Crippen molar-refractivity contribution in [3.05, 3.63) is 0 Å². The molecule has 0 aliphatic heterocycles. The molecule has 0 radical (unpaired) electrons. The van der Waals surface area contributed by atoms with Crippen LogP contribution in [0.5, 0.6) is 0 Å². The normalized spacial score (nSPS) is 12.7. The monoisotopic (exact) mass is 203 g/mol. The number of methoxy groups -OCH3 is 1. The molecule has 0 aromatic heterocycles. The highest BCUT2D eigenvalue weighted by Crippen LogP contribution is 2.06. The number of carbonyl (C=O) groups excluding carboxylic acids is 1. The quantitative estimate of drug-likeness (QED) is 0.683.